The Morgan fingerprint density at radius 3 is 2.95 bits per heavy atom. The van der Waals surface area contributed by atoms with Crippen LogP contribution in [0.25, 0.3) is 0 Å². The number of nitro groups is 1. The van der Waals surface area contributed by atoms with Crippen LogP contribution in [0, 0.1) is 10.1 Å². The minimum atomic E-state index is -0.410. The second-order valence-corrected chi connectivity index (χ2v) is 5.26. The van der Waals surface area contributed by atoms with Gasteiger partial charge >= 0.3 is 0 Å². The fourth-order valence-electron chi connectivity index (χ4n) is 2.43. The third kappa shape index (κ3) is 3.39. The lowest BCUT2D eigenvalue weighted by Gasteiger charge is -2.37. The summed E-state index contributed by atoms with van der Waals surface area (Å²) in [6, 6.07) is 4.72. The van der Waals surface area contributed by atoms with Gasteiger partial charge in [-0.05, 0) is 19.1 Å². The summed E-state index contributed by atoms with van der Waals surface area (Å²) in [4.78, 5) is 12.7. The Bertz CT molecular complexity index is 497. The van der Waals surface area contributed by atoms with E-state index < -0.39 is 4.92 Å². The van der Waals surface area contributed by atoms with Gasteiger partial charge in [-0.3, -0.25) is 10.1 Å². The molecule has 0 radical (unpaired) electrons. The van der Waals surface area contributed by atoms with E-state index in [0.29, 0.717) is 30.4 Å². The number of ether oxygens (including phenoxy) is 2. The second kappa shape index (κ2) is 6.39. The molecular weight excluding hydrogens is 284 g/mol. The predicted molar refractivity (Wildman–Crippen MR) is 76.5 cm³/mol. The Morgan fingerprint density at radius 1 is 1.55 bits per heavy atom. The molecule has 0 spiro atoms. The molecule has 20 heavy (non-hydrogen) atoms. The first-order valence-corrected chi connectivity index (χ1v) is 6.72. The van der Waals surface area contributed by atoms with E-state index in [0.717, 1.165) is 0 Å². The summed E-state index contributed by atoms with van der Waals surface area (Å²) < 4.78 is 10.8. The number of hydrogen-bond acceptors (Lipinski definition) is 5. The van der Waals surface area contributed by atoms with Crippen molar-refractivity contribution in [3.05, 3.63) is 33.3 Å². The van der Waals surface area contributed by atoms with Crippen LogP contribution in [-0.2, 0) is 9.47 Å². The Morgan fingerprint density at radius 2 is 2.30 bits per heavy atom. The van der Waals surface area contributed by atoms with Crippen molar-refractivity contribution in [1.82, 2.24) is 0 Å². The van der Waals surface area contributed by atoms with Crippen LogP contribution in [0.2, 0.25) is 5.02 Å². The molecule has 0 amide bonds. The summed E-state index contributed by atoms with van der Waals surface area (Å²) in [6.07, 6.45) is -0.113. The quantitative estimate of drug-likeness (QED) is 0.631. The summed E-state index contributed by atoms with van der Waals surface area (Å²) in [6.45, 7) is 3.56. The number of rotatable bonds is 4. The van der Waals surface area contributed by atoms with Gasteiger partial charge in [-0.15, -0.1) is 0 Å². The molecule has 0 aliphatic carbocycles. The summed E-state index contributed by atoms with van der Waals surface area (Å²) in [5, 5.41) is 11.5. The van der Waals surface area contributed by atoms with Gasteiger partial charge in [0.15, 0.2) is 0 Å². The van der Waals surface area contributed by atoms with Gasteiger partial charge in [-0.25, -0.2) is 0 Å². The molecule has 0 N–H and O–H groups in total. The topological polar surface area (TPSA) is 64.8 Å². The van der Waals surface area contributed by atoms with Gasteiger partial charge in [0, 0.05) is 31.3 Å². The molecule has 6 nitrogen and oxygen atoms in total. The molecule has 2 rings (SSSR count). The van der Waals surface area contributed by atoms with Gasteiger partial charge in [0.1, 0.15) is 5.69 Å². The Labute approximate surface area is 122 Å². The molecule has 0 saturated carbocycles. The van der Waals surface area contributed by atoms with E-state index in [2.05, 4.69) is 0 Å². The average molecular weight is 301 g/mol. The van der Waals surface area contributed by atoms with Gasteiger partial charge in [0.05, 0.1) is 23.7 Å². The molecular formula is C13H17ClN2O4. The molecule has 1 aromatic carbocycles. The van der Waals surface area contributed by atoms with E-state index in [-0.39, 0.29) is 17.9 Å². The van der Waals surface area contributed by atoms with Crippen molar-refractivity contribution in [1.29, 1.82) is 0 Å². The van der Waals surface area contributed by atoms with E-state index in [1.165, 1.54) is 6.07 Å². The molecule has 7 heteroatoms. The third-order valence-corrected chi connectivity index (χ3v) is 3.39. The standard InChI is InChI=1S/C13H17ClN2O4/c1-9-6-15(7-11(20-9)8-19-2)12-4-3-10(14)5-13(12)16(17)18/h3-5,9,11H,6-8H2,1-2H3. The largest absolute Gasteiger partial charge is 0.382 e. The summed E-state index contributed by atoms with van der Waals surface area (Å²) in [5.41, 5.74) is 0.582. The minimum absolute atomic E-state index is 0.0146. The molecule has 2 unspecified atom stereocenters. The van der Waals surface area contributed by atoms with Crippen LogP contribution in [0.5, 0.6) is 0 Å². The lowest BCUT2D eigenvalue weighted by atomic mass is 10.1. The summed E-state index contributed by atoms with van der Waals surface area (Å²) in [7, 11) is 1.61. The van der Waals surface area contributed by atoms with Gasteiger partial charge in [-0.2, -0.15) is 0 Å². The Hall–Kier alpha value is -1.37. The maximum Gasteiger partial charge on any atom is 0.294 e. The lowest BCUT2D eigenvalue weighted by Crippen LogP contribution is -2.48. The normalized spacial score (nSPS) is 22.9. The van der Waals surface area contributed by atoms with E-state index >= 15 is 0 Å². The van der Waals surface area contributed by atoms with Crippen LogP contribution in [0.4, 0.5) is 11.4 Å². The lowest BCUT2D eigenvalue weighted by molar-refractivity contribution is -0.384. The first-order valence-electron chi connectivity index (χ1n) is 6.34. The number of benzene rings is 1. The van der Waals surface area contributed by atoms with Gasteiger partial charge in [0.25, 0.3) is 5.69 Å². The van der Waals surface area contributed by atoms with Gasteiger partial charge in [-0.1, -0.05) is 11.6 Å². The van der Waals surface area contributed by atoms with E-state index in [1.807, 2.05) is 11.8 Å². The molecule has 2 atom stereocenters. The monoisotopic (exact) mass is 300 g/mol. The van der Waals surface area contributed by atoms with Crippen molar-refractivity contribution in [3.8, 4) is 0 Å². The van der Waals surface area contributed by atoms with Crippen molar-refractivity contribution in [3.63, 3.8) is 0 Å². The van der Waals surface area contributed by atoms with Crippen molar-refractivity contribution in [2.75, 3.05) is 31.7 Å². The Balaban J connectivity index is 2.28. The zero-order valence-corrected chi connectivity index (χ0v) is 12.2. The van der Waals surface area contributed by atoms with Crippen LogP contribution in [-0.4, -0.2) is 43.9 Å². The van der Waals surface area contributed by atoms with Crippen molar-refractivity contribution in [2.24, 2.45) is 0 Å². The highest BCUT2D eigenvalue weighted by atomic mass is 35.5. The molecule has 1 aliphatic heterocycles. The number of hydrogen-bond donors (Lipinski definition) is 0. The van der Waals surface area contributed by atoms with Gasteiger partial charge < -0.3 is 14.4 Å². The molecule has 1 fully saturated rings. The van der Waals surface area contributed by atoms with Crippen molar-refractivity contribution >= 4 is 23.0 Å². The number of halogens is 1. The van der Waals surface area contributed by atoms with Crippen LogP contribution < -0.4 is 4.90 Å². The molecule has 1 heterocycles. The highest BCUT2D eigenvalue weighted by Gasteiger charge is 2.29. The first-order chi connectivity index (χ1) is 9.51. The molecule has 1 aromatic rings. The minimum Gasteiger partial charge on any atom is -0.382 e. The number of morpholine rings is 1. The molecule has 0 aromatic heterocycles. The smallest absolute Gasteiger partial charge is 0.294 e. The average Bonchev–Trinajstić information content (AvgIpc) is 2.38. The van der Waals surface area contributed by atoms with Crippen molar-refractivity contribution < 1.29 is 14.4 Å². The highest BCUT2D eigenvalue weighted by molar-refractivity contribution is 6.30. The van der Waals surface area contributed by atoms with Crippen molar-refractivity contribution in [2.45, 2.75) is 19.1 Å². The summed E-state index contributed by atoms with van der Waals surface area (Å²) >= 11 is 5.84. The second-order valence-electron chi connectivity index (χ2n) is 4.82. The first kappa shape index (κ1) is 15.0. The van der Waals surface area contributed by atoms with E-state index in [9.17, 15) is 10.1 Å². The zero-order valence-electron chi connectivity index (χ0n) is 11.4. The Kier molecular flexibility index (Phi) is 4.80. The third-order valence-electron chi connectivity index (χ3n) is 3.15. The maximum atomic E-state index is 11.2. The molecule has 1 saturated heterocycles. The van der Waals surface area contributed by atoms with Crippen LogP contribution in [0.1, 0.15) is 6.92 Å². The fraction of sp³-hybridized carbons (Fsp3) is 0.538. The van der Waals surface area contributed by atoms with Gasteiger partial charge in [0.2, 0.25) is 0 Å². The zero-order chi connectivity index (χ0) is 14.7. The number of anilines is 1. The van der Waals surface area contributed by atoms with Crippen LogP contribution in [0.15, 0.2) is 18.2 Å². The SMILES string of the molecule is COCC1CN(c2ccc(Cl)cc2[N+](=O)[O-])CC(C)O1. The number of nitro benzene ring substituents is 1. The predicted octanol–water partition coefficient (Wildman–Crippen LogP) is 2.49. The molecule has 110 valence electrons. The van der Waals surface area contributed by atoms with Crippen LogP contribution >= 0.6 is 11.6 Å². The van der Waals surface area contributed by atoms with E-state index in [4.69, 9.17) is 21.1 Å². The van der Waals surface area contributed by atoms with Crippen LogP contribution in [0.3, 0.4) is 0 Å². The van der Waals surface area contributed by atoms with E-state index in [1.54, 1.807) is 19.2 Å². The number of methoxy groups -OCH3 is 1. The highest BCUT2D eigenvalue weighted by Crippen LogP contribution is 2.32. The number of nitrogens with zero attached hydrogens (tertiary/aromatic N) is 2. The summed E-state index contributed by atoms with van der Waals surface area (Å²) in [5.74, 6) is 0. The molecule has 0 bridgehead atoms. The fourth-order valence-corrected chi connectivity index (χ4v) is 2.60. The molecule has 1 aliphatic rings. The maximum absolute atomic E-state index is 11.2.